The molecule has 0 spiro atoms. The number of anilines is 1. The lowest BCUT2D eigenvalue weighted by Crippen LogP contribution is -2.39. The second-order valence-corrected chi connectivity index (χ2v) is 8.79. The molecule has 0 saturated carbocycles. The summed E-state index contributed by atoms with van der Waals surface area (Å²) >= 11 is 0. The van der Waals surface area contributed by atoms with Gasteiger partial charge in [0.1, 0.15) is 6.54 Å². The van der Waals surface area contributed by atoms with Crippen molar-refractivity contribution < 1.29 is 18.0 Å². The lowest BCUT2D eigenvalue weighted by molar-refractivity contribution is -0.128. The Hall–Kier alpha value is -3.39. The smallest absolute Gasteiger partial charge is 0.265 e. The number of primary amides is 1. The summed E-state index contributed by atoms with van der Waals surface area (Å²) in [4.78, 5) is 25.8. The monoisotopic (exact) mass is 409 g/mol. The van der Waals surface area contributed by atoms with Crippen molar-refractivity contribution in [2.45, 2.75) is 11.4 Å². The third kappa shape index (κ3) is 3.21. The number of hydrogen-bond acceptors (Lipinski definition) is 4. The van der Waals surface area contributed by atoms with E-state index in [0.29, 0.717) is 16.6 Å². The molecule has 0 aromatic heterocycles. The zero-order valence-corrected chi connectivity index (χ0v) is 16.5. The molecule has 29 heavy (non-hydrogen) atoms. The van der Waals surface area contributed by atoms with E-state index < -0.39 is 15.9 Å². The van der Waals surface area contributed by atoms with Crippen LogP contribution in [0, 0.1) is 0 Å². The molecule has 0 bridgehead atoms. The van der Waals surface area contributed by atoms with E-state index in [1.165, 1.54) is 4.90 Å². The molecule has 2 N–H and O–H groups in total. The van der Waals surface area contributed by atoms with Crippen LogP contribution in [0.4, 0.5) is 5.69 Å². The molecule has 4 rings (SSSR count). The first-order chi connectivity index (χ1) is 13.8. The lowest BCUT2D eigenvalue weighted by Gasteiger charge is -2.23. The highest BCUT2D eigenvalue weighted by atomic mass is 32.2. The summed E-state index contributed by atoms with van der Waals surface area (Å²) in [6.07, 6.45) is 0. The van der Waals surface area contributed by atoms with Gasteiger partial charge in [0.05, 0.1) is 10.6 Å². The Kier molecular flexibility index (Phi) is 4.50. The molecule has 0 fully saturated rings. The minimum atomic E-state index is -3.79. The van der Waals surface area contributed by atoms with E-state index in [9.17, 15) is 18.0 Å². The quantitative estimate of drug-likeness (QED) is 0.697. The van der Waals surface area contributed by atoms with Crippen molar-refractivity contribution in [1.29, 1.82) is 0 Å². The van der Waals surface area contributed by atoms with Crippen LogP contribution in [0.5, 0.6) is 0 Å². The molecule has 0 aliphatic carbocycles. The number of nitrogens with two attached hydrogens (primary N) is 1. The van der Waals surface area contributed by atoms with E-state index in [0.717, 1.165) is 15.3 Å². The summed E-state index contributed by atoms with van der Waals surface area (Å²) < 4.78 is 27.2. The Labute approximate surface area is 168 Å². The van der Waals surface area contributed by atoms with Gasteiger partial charge in [0, 0.05) is 24.5 Å². The van der Waals surface area contributed by atoms with Gasteiger partial charge in [-0.05, 0) is 35.2 Å². The SMILES string of the molecule is CN(Cc1cccc(C(N)=O)c1)C(=O)CN1c2cccc3cccc(c23)S1(=O)=O. The molecule has 1 aliphatic heterocycles. The molecule has 0 saturated heterocycles. The average molecular weight is 409 g/mol. The van der Waals surface area contributed by atoms with Crippen LogP contribution in [-0.2, 0) is 21.4 Å². The summed E-state index contributed by atoms with van der Waals surface area (Å²) in [5.74, 6) is -0.905. The predicted molar refractivity (Wildman–Crippen MR) is 110 cm³/mol. The van der Waals surface area contributed by atoms with Crippen molar-refractivity contribution in [3.05, 3.63) is 71.8 Å². The first-order valence-electron chi connectivity index (χ1n) is 8.96. The van der Waals surface area contributed by atoms with E-state index in [4.69, 9.17) is 5.73 Å². The largest absolute Gasteiger partial charge is 0.366 e. The second-order valence-electron chi connectivity index (χ2n) is 6.96. The normalized spacial score (nSPS) is 14.2. The highest BCUT2D eigenvalue weighted by Crippen LogP contribution is 2.41. The molecular weight excluding hydrogens is 390 g/mol. The Bertz CT molecular complexity index is 1250. The zero-order chi connectivity index (χ0) is 20.8. The van der Waals surface area contributed by atoms with Gasteiger partial charge in [0.15, 0.2) is 0 Å². The van der Waals surface area contributed by atoms with Crippen LogP contribution in [0.25, 0.3) is 10.8 Å². The number of likely N-dealkylation sites (N-methyl/N-ethyl adjacent to an activating group) is 1. The number of sulfonamides is 1. The Morgan fingerprint density at radius 3 is 2.45 bits per heavy atom. The molecule has 1 aliphatic rings. The van der Waals surface area contributed by atoms with Gasteiger partial charge in [-0.2, -0.15) is 0 Å². The minimum absolute atomic E-state index is 0.218. The van der Waals surface area contributed by atoms with Crippen molar-refractivity contribution in [3.8, 4) is 0 Å². The van der Waals surface area contributed by atoms with Crippen LogP contribution in [0.15, 0.2) is 65.6 Å². The zero-order valence-electron chi connectivity index (χ0n) is 15.7. The summed E-state index contributed by atoms with van der Waals surface area (Å²) in [7, 11) is -2.20. The number of carbonyl (C=O) groups excluding carboxylic acids is 2. The first-order valence-corrected chi connectivity index (χ1v) is 10.4. The molecule has 7 nitrogen and oxygen atoms in total. The van der Waals surface area contributed by atoms with E-state index in [2.05, 4.69) is 0 Å². The maximum atomic E-state index is 13.0. The number of nitrogens with zero attached hydrogens (tertiary/aromatic N) is 2. The van der Waals surface area contributed by atoms with Crippen molar-refractivity contribution in [1.82, 2.24) is 4.90 Å². The second kappa shape index (κ2) is 6.89. The molecule has 0 atom stereocenters. The van der Waals surface area contributed by atoms with Crippen LogP contribution >= 0.6 is 0 Å². The first kappa shape index (κ1) is 18.9. The molecule has 8 heteroatoms. The molecule has 148 valence electrons. The van der Waals surface area contributed by atoms with Gasteiger partial charge >= 0.3 is 0 Å². The average Bonchev–Trinajstić information content (AvgIpc) is 2.91. The van der Waals surface area contributed by atoms with Crippen molar-refractivity contribution >= 4 is 38.3 Å². The van der Waals surface area contributed by atoms with E-state index in [1.54, 1.807) is 55.6 Å². The Morgan fingerprint density at radius 1 is 1.03 bits per heavy atom. The third-order valence-electron chi connectivity index (χ3n) is 5.02. The van der Waals surface area contributed by atoms with Crippen LogP contribution in [-0.4, -0.2) is 38.7 Å². The standard InChI is InChI=1S/C21H19N3O4S/c1-23(12-14-5-2-8-16(11-14)21(22)26)19(25)13-24-17-9-3-6-15-7-4-10-18(20(15)17)29(24,27)28/h2-11H,12-13H2,1H3,(H2,22,26). The molecular formula is C21H19N3O4S. The van der Waals surface area contributed by atoms with Crippen LogP contribution < -0.4 is 10.0 Å². The van der Waals surface area contributed by atoms with Crippen LogP contribution in [0.3, 0.4) is 0 Å². The van der Waals surface area contributed by atoms with E-state index in [1.807, 2.05) is 12.1 Å². The number of hydrogen-bond donors (Lipinski definition) is 1. The number of rotatable bonds is 5. The van der Waals surface area contributed by atoms with Crippen molar-refractivity contribution in [3.63, 3.8) is 0 Å². The fourth-order valence-electron chi connectivity index (χ4n) is 3.56. The number of benzene rings is 3. The molecule has 3 aromatic carbocycles. The van der Waals surface area contributed by atoms with Crippen LogP contribution in [0.1, 0.15) is 15.9 Å². The number of carbonyl (C=O) groups is 2. The summed E-state index contributed by atoms with van der Waals surface area (Å²) in [6, 6.07) is 17.1. The van der Waals surface area contributed by atoms with Gasteiger partial charge in [-0.25, -0.2) is 8.42 Å². The van der Waals surface area contributed by atoms with E-state index in [-0.39, 0.29) is 23.9 Å². The summed E-state index contributed by atoms with van der Waals surface area (Å²) in [5.41, 5.74) is 6.89. The fraction of sp³-hybridized carbons (Fsp3) is 0.143. The lowest BCUT2D eigenvalue weighted by atomic mass is 10.1. The van der Waals surface area contributed by atoms with Gasteiger partial charge in [0.25, 0.3) is 10.0 Å². The van der Waals surface area contributed by atoms with Crippen molar-refractivity contribution in [2.24, 2.45) is 5.73 Å². The predicted octanol–water partition coefficient (Wildman–Crippen LogP) is 2.11. The van der Waals surface area contributed by atoms with Gasteiger partial charge in [-0.3, -0.25) is 13.9 Å². The van der Waals surface area contributed by atoms with Crippen LogP contribution in [0.2, 0.25) is 0 Å². The summed E-state index contributed by atoms with van der Waals surface area (Å²) in [5, 5.41) is 1.45. The molecule has 1 heterocycles. The van der Waals surface area contributed by atoms with Gasteiger partial charge in [-0.1, -0.05) is 36.4 Å². The minimum Gasteiger partial charge on any atom is -0.366 e. The Balaban J connectivity index is 1.58. The molecule has 2 amide bonds. The highest BCUT2D eigenvalue weighted by molar-refractivity contribution is 7.93. The highest BCUT2D eigenvalue weighted by Gasteiger charge is 2.37. The molecule has 0 radical (unpaired) electrons. The third-order valence-corrected chi connectivity index (χ3v) is 6.82. The van der Waals surface area contributed by atoms with Gasteiger partial charge in [-0.15, -0.1) is 0 Å². The Morgan fingerprint density at radius 2 is 1.72 bits per heavy atom. The van der Waals surface area contributed by atoms with Gasteiger partial charge < -0.3 is 10.6 Å². The van der Waals surface area contributed by atoms with E-state index >= 15 is 0 Å². The molecule has 0 unspecified atom stereocenters. The molecule has 3 aromatic rings. The fourth-order valence-corrected chi connectivity index (χ4v) is 5.22. The topological polar surface area (TPSA) is 101 Å². The summed E-state index contributed by atoms with van der Waals surface area (Å²) in [6.45, 7) is -0.0763. The number of amides is 2. The maximum Gasteiger partial charge on any atom is 0.265 e. The van der Waals surface area contributed by atoms with Crippen molar-refractivity contribution in [2.75, 3.05) is 17.9 Å². The maximum absolute atomic E-state index is 13.0. The van der Waals surface area contributed by atoms with Gasteiger partial charge in [0.2, 0.25) is 11.8 Å².